The highest BCUT2D eigenvalue weighted by Crippen LogP contribution is 2.29. The number of benzene rings is 2. The fourth-order valence-electron chi connectivity index (χ4n) is 3.23. The van der Waals surface area contributed by atoms with E-state index in [1.165, 1.54) is 17.1 Å². The Labute approximate surface area is 149 Å². The zero-order valence-corrected chi connectivity index (χ0v) is 14.1. The van der Waals surface area contributed by atoms with Gasteiger partial charge in [0.15, 0.2) is 5.92 Å². The second-order valence-electron chi connectivity index (χ2n) is 6.00. The number of rotatable bonds is 4. The number of hydrogen-bond acceptors (Lipinski definition) is 4. The molecule has 2 aromatic carbocycles. The van der Waals surface area contributed by atoms with Crippen molar-refractivity contribution >= 4 is 46.0 Å². The van der Waals surface area contributed by atoms with Crippen LogP contribution < -0.4 is 10.9 Å². The van der Waals surface area contributed by atoms with Crippen molar-refractivity contribution in [3.05, 3.63) is 48.0 Å². The van der Waals surface area contributed by atoms with Gasteiger partial charge in [-0.3, -0.25) is 9.59 Å². The van der Waals surface area contributed by atoms with Crippen LogP contribution in [0.5, 0.6) is 0 Å². The summed E-state index contributed by atoms with van der Waals surface area (Å²) in [7, 11) is 0. The standard InChI is InChI=1S/C19H17N5O2/c1-2-24-16-6-4-3-5-13(16)14-9-12(7-8-17(14)24)10-20-22-18(25)15-11-21-23-19(15)26/h3-11,15H,2H2,1H3,(H,22,25)(H,23,26). The molecule has 2 amide bonds. The van der Waals surface area contributed by atoms with E-state index in [1.807, 2.05) is 24.3 Å². The average Bonchev–Trinajstić information content (AvgIpc) is 3.22. The molecule has 0 spiro atoms. The lowest BCUT2D eigenvalue weighted by Crippen LogP contribution is -2.34. The summed E-state index contributed by atoms with van der Waals surface area (Å²) >= 11 is 0. The summed E-state index contributed by atoms with van der Waals surface area (Å²) in [6.07, 6.45) is 2.83. The molecule has 1 aliphatic heterocycles. The molecule has 0 saturated carbocycles. The third-order valence-corrected chi connectivity index (χ3v) is 4.46. The number of hydrazone groups is 2. The molecule has 0 aliphatic carbocycles. The largest absolute Gasteiger partial charge is 0.341 e. The Bertz CT molecular complexity index is 1080. The number of fused-ring (bicyclic) bond motifs is 3. The van der Waals surface area contributed by atoms with Crippen molar-refractivity contribution in [3.63, 3.8) is 0 Å². The van der Waals surface area contributed by atoms with Crippen molar-refractivity contribution in [2.75, 3.05) is 0 Å². The van der Waals surface area contributed by atoms with Gasteiger partial charge in [-0.15, -0.1) is 0 Å². The normalized spacial score (nSPS) is 16.7. The van der Waals surface area contributed by atoms with Gasteiger partial charge in [-0.2, -0.15) is 10.2 Å². The Morgan fingerprint density at radius 1 is 1.27 bits per heavy atom. The van der Waals surface area contributed by atoms with Gasteiger partial charge in [0.25, 0.3) is 11.8 Å². The van der Waals surface area contributed by atoms with Crippen LogP contribution in [0.1, 0.15) is 12.5 Å². The maximum Gasteiger partial charge on any atom is 0.258 e. The molecule has 0 fully saturated rings. The van der Waals surface area contributed by atoms with E-state index in [0.717, 1.165) is 23.0 Å². The summed E-state index contributed by atoms with van der Waals surface area (Å²) in [4.78, 5) is 23.3. The minimum Gasteiger partial charge on any atom is -0.341 e. The number of aryl methyl sites for hydroxylation is 1. The van der Waals surface area contributed by atoms with Gasteiger partial charge in [0.2, 0.25) is 0 Å². The zero-order chi connectivity index (χ0) is 18.1. The van der Waals surface area contributed by atoms with Crippen LogP contribution in [0.15, 0.2) is 52.7 Å². The minimum atomic E-state index is -0.933. The smallest absolute Gasteiger partial charge is 0.258 e. The molecule has 1 unspecified atom stereocenters. The maximum absolute atomic E-state index is 11.9. The van der Waals surface area contributed by atoms with Gasteiger partial charge in [-0.05, 0) is 30.7 Å². The topological polar surface area (TPSA) is 87.8 Å². The number of hydrogen-bond donors (Lipinski definition) is 2. The molecule has 2 N–H and O–H groups in total. The summed E-state index contributed by atoms with van der Waals surface area (Å²) in [6.45, 7) is 3.01. The predicted octanol–water partition coefficient (Wildman–Crippen LogP) is 2.00. The van der Waals surface area contributed by atoms with Crippen LogP contribution >= 0.6 is 0 Å². The number of carbonyl (C=O) groups is 2. The van der Waals surface area contributed by atoms with Crippen LogP contribution in [0.4, 0.5) is 0 Å². The van der Waals surface area contributed by atoms with Crippen molar-refractivity contribution in [3.8, 4) is 0 Å². The van der Waals surface area contributed by atoms with Gasteiger partial charge >= 0.3 is 0 Å². The lowest BCUT2D eigenvalue weighted by atomic mass is 10.1. The quantitative estimate of drug-likeness (QED) is 0.429. The first kappa shape index (κ1) is 16.0. The van der Waals surface area contributed by atoms with Crippen LogP contribution in [-0.2, 0) is 16.1 Å². The van der Waals surface area contributed by atoms with Crippen molar-refractivity contribution in [2.45, 2.75) is 13.5 Å². The van der Waals surface area contributed by atoms with E-state index in [-0.39, 0.29) is 0 Å². The fourth-order valence-corrected chi connectivity index (χ4v) is 3.23. The summed E-state index contributed by atoms with van der Waals surface area (Å²) < 4.78 is 2.27. The van der Waals surface area contributed by atoms with Gasteiger partial charge in [0.05, 0.1) is 6.21 Å². The number of carbonyl (C=O) groups excluding carboxylic acids is 2. The molecule has 7 nitrogen and oxygen atoms in total. The number of para-hydroxylation sites is 1. The summed E-state index contributed by atoms with van der Waals surface area (Å²) in [6, 6.07) is 14.3. The lowest BCUT2D eigenvalue weighted by molar-refractivity contribution is -0.131. The SMILES string of the molecule is CCn1c2ccccc2c2cc(C=NNC(=O)C3C=NNC3=O)ccc21. The molecule has 130 valence electrons. The van der Waals surface area contributed by atoms with E-state index in [9.17, 15) is 9.59 Å². The molecule has 0 bridgehead atoms. The van der Waals surface area contributed by atoms with Crippen LogP contribution in [-0.4, -0.2) is 28.8 Å². The van der Waals surface area contributed by atoms with E-state index in [2.05, 4.69) is 50.7 Å². The highest BCUT2D eigenvalue weighted by atomic mass is 16.2. The average molecular weight is 347 g/mol. The van der Waals surface area contributed by atoms with Crippen LogP contribution in [0, 0.1) is 5.92 Å². The monoisotopic (exact) mass is 347 g/mol. The predicted molar refractivity (Wildman–Crippen MR) is 101 cm³/mol. The van der Waals surface area contributed by atoms with Crippen molar-refractivity contribution in [2.24, 2.45) is 16.1 Å². The number of nitrogens with one attached hydrogen (secondary N) is 2. The maximum atomic E-state index is 11.9. The highest BCUT2D eigenvalue weighted by molar-refractivity contribution is 6.15. The molecule has 4 rings (SSSR count). The number of aromatic nitrogens is 1. The van der Waals surface area contributed by atoms with Gasteiger partial charge in [0.1, 0.15) is 0 Å². The molecule has 1 aromatic heterocycles. The Kier molecular flexibility index (Phi) is 3.96. The van der Waals surface area contributed by atoms with E-state index in [1.54, 1.807) is 6.21 Å². The van der Waals surface area contributed by atoms with Crippen LogP contribution in [0.3, 0.4) is 0 Å². The third-order valence-electron chi connectivity index (χ3n) is 4.46. The second-order valence-corrected chi connectivity index (χ2v) is 6.00. The molecule has 0 saturated heterocycles. The summed E-state index contributed by atoms with van der Waals surface area (Å²) in [5.41, 5.74) is 7.81. The molecule has 1 atom stereocenters. The minimum absolute atomic E-state index is 0.452. The first-order valence-electron chi connectivity index (χ1n) is 8.36. The first-order chi connectivity index (χ1) is 12.7. The van der Waals surface area contributed by atoms with Gasteiger partial charge in [-0.1, -0.05) is 24.3 Å². The molecule has 0 radical (unpaired) electrons. The Morgan fingerprint density at radius 3 is 2.85 bits per heavy atom. The molecule has 1 aliphatic rings. The Hall–Kier alpha value is -3.48. The molecule has 2 heterocycles. The van der Waals surface area contributed by atoms with Crippen molar-refractivity contribution in [1.29, 1.82) is 0 Å². The first-order valence-corrected chi connectivity index (χ1v) is 8.36. The molecule has 3 aromatic rings. The van der Waals surface area contributed by atoms with Crippen molar-refractivity contribution in [1.82, 2.24) is 15.4 Å². The van der Waals surface area contributed by atoms with E-state index < -0.39 is 17.7 Å². The second kappa shape index (κ2) is 6.44. The fraction of sp³-hybridized carbons (Fsp3) is 0.158. The number of amides is 2. The van der Waals surface area contributed by atoms with Gasteiger partial charge < -0.3 is 4.57 Å². The Balaban J connectivity index is 1.61. The molecule has 26 heavy (non-hydrogen) atoms. The lowest BCUT2D eigenvalue weighted by Gasteiger charge is -2.03. The molecular weight excluding hydrogens is 330 g/mol. The third kappa shape index (κ3) is 2.63. The van der Waals surface area contributed by atoms with Crippen molar-refractivity contribution < 1.29 is 9.59 Å². The van der Waals surface area contributed by atoms with Gasteiger partial charge in [0, 0.05) is 34.6 Å². The zero-order valence-electron chi connectivity index (χ0n) is 14.1. The summed E-state index contributed by atoms with van der Waals surface area (Å²) in [5, 5.41) is 9.85. The highest BCUT2D eigenvalue weighted by Gasteiger charge is 2.28. The van der Waals surface area contributed by atoms with E-state index >= 15 is 0 Å². The molecule has 7 heteroatoms. The van der Waals surface area contributed by atoms with Gasteiger partial charge in [-0.25, -0.2) is 10.9 Å². The van der Waals surface area contributed by atoms with Crippen LogP contribution in [0.25, 0.3) is 21.8 Å². The summed E-state index contributed by atoms with van der Waals surface area (Å²) in [5.74, 6) is -1.90. The Morgan fingerprint density at radius 2 is 2.08 bits per heavy atom. The van der Waals surface area contributed by atoms with E-state index in [0.29, 0.717) is 0 Å². The molecular formula is C19H17N5O2. The number of nitrogens with zero attached hydrogens (tertiary/aromatic N) is 3. The van der Waals surface area contributed by atoms with E-state index in [4.69, 9.17) is 0 Å². The van der Waals surface area contributed by atoms with Crippen LogP contribution in [0.2, 0.25) is 0 Å².